The van der Waals surface area contributed by atoms with Gasteiger partial charge in [-0.05, 0) is 12.5 Å². The highest BCUT2D eigenvalue weighted by Crippen LogP contribution is 2.04. The summed E-state index contributed by atoms with van der Waals surface area (Å²) in [6, 6.07) is 6.79. The van der Waals surface area contributed by atoms with Gasteiger partial charge in [0.25, 0.3) is 0 Å². The number of primary amides is 1. The fourth-order valence-electron chi connectivity index (χ4n) is 1.18. The molecule has 0 aliphatic rings. The Kier molecular flexibility index (Phi) is 3.68. The van der Waals surface area contributed by atoms with Crippen LogP contribution in [0.25, 0.3) is 0 Å². The van der Waals surface area contributed by atoms with E-state index in [0.29, 0.717) is 0 Å². The summed E-state index contributed by atoms with van der Waals surface area (Å²) >= 11 is 0. The van der Waals surface area contributed by atoms with Crippen molar-refractivity contribution in [1.29, 1.82) is 0 Å². The van der Waals surface area contributed by atoms with Crippen molar-refractivity contribution in [3.05, 3.63) is 35.4 Å². The van der Waals surface area contributed by atoms with Crippen molar-refractivity contribution in [1.82, 2.24) is 10.9 Å². The number of carbonyl (C=O) groups excluding carboxylic acids is 2. The minimum absolute atomic E-state index is 0.210. The zero-order valence-corrected chi connectivity index (χ0v) is 8.41. The molecule has 0 aliphatic carbocycles. The summed E-state index contributed by atoms with van der Waals surface area (Å²) in [7, 11) is 0. The fourth-order valence-corrected chi connectivity index (χ4v) is 1.18. The highest BCUT2D eigenvalue weighted by atomic mass is 16.2. The van der Waals surface area contributed by atoms with E-state index < -0.39 is 6.03 Å². The van der Waals surface area contributed by atoms with Crippen LogP contribution in [0.1, 0.15) is 11.1 Å². The Bertz CT molecular complexity index is 377. The van der Waals surface area contributed by atoms with Gasteiger partial charge in [0.05, 0.1) is 6.42 Å². The molecule has 0 aromatic heterocycles. The Labute approximate surface area is 87.6 Å². The summed E-state index contributed by atoms with van der Waals surface area (Å²) in [6.45, 7) is 1.95. The quantitative estimate of drug-likeness (QED) is 0.607. The number of benzene rings is 1. The van der Waals surface area contributed by atoms with E-state index in [1.165, 1.54) is 0 Å². The molecule has 15 heavy (non-hydrogen) atoms. The number of rotatable bonds is 2. The van der Waals surface area contributed by atoms with Crippen LogP contribution in [0.2, 0.25) is 0 Å². The molecule has 0 aliphatic heterocycles. The first kappa shape index (κ1) is 11.0. The Hall–Kier alpha value is -2.04. The molecule has 5 heteroatoms. The zero-order valence-electron chi connectivity index (χ0n) is 8.41. The Morgan fingerprint density at radius 1 is 1.33 bits per heavy atom. The largest absolute Gasteiger partial charge is 0.350 e. The van der Waals surface area contributed by atoms with Crippen LogP contribution in [0.3, 0.4) is 0 Å². The molecule has 0 radical (unpaired) electrons. The summed E-state index contributed by atoms with van der Waals surface area (Å²) in [5.74, 6) is -0.306. The maximum Gasteiger partial charge on any atom is 0.330 e. The second-order valence-corrected chi connectivity index (χ2v) is 3.20. The van der Waals surface area contributed by atoms with Crippen molar-refractivity contribution < 1.29 is 9.59 Å². The van der Waals surface area contributed by atoms with Crippen molar-refractivity contribution in [3.8, 4) is 0 Å². The molecule has 0 atom stereocenters. The van der Waals surface area contributed by atoms with Crippen LogP contribution in [-0.4, -0.2) is 11.9 Å². The fraction of sp³-hybridized carbons (Fsp3) is 0.200. The van der Waals surface area contributed by atoms with Gasteiger partial charge in [0.15, 0.2) is 0 Å². The third-order valence-corrected chi connectivity index (χ3v) is 1.77. The number of carbonyl (C=O) groups is 2. The zero-order chi connectivity index (χ0) is 11.3. The lowest BCUT2D eigenvalue weighted by Crippen LogP contribution is -2.45. The van der Waals surface area contributed by atoms with E-state index in [1.807, 2.05) is 36.6 Å². The van der Waals surface area contributed by atoms with E-state index in [0.717, 1.165) is 11.1 Å². The summed E-state index contributed by atoms with van der Waals surface area (Å²) < 4.78 is 0. The summed E-state index contributed by atoms with van der Waals surface area (Å²) in [5.41, 5.74) is 11.0. The molecule has 0 saturated heterocycles. The van der Waals surface area contributed by atoms with Crippen LogP contribution in [0.4, 0.5) is 4.79 Å². The number of hydrogen-bond acceptors (Lipinski definition) is 2. The van der Waals surface area contributed by atoms with Crippen LogP contribution in [0.15, 0.2) is 24.3 Å². The molecule has 3 amide bonds. The van der Waals surface area contributed by atoms with Gasteiger partial charge in [0, 0.05) is 0 Å². The van der Waals surface area contributed by atoms with Gasteiger partial charge in [-0.3, -0.25) is 10.2 Å². The van der Waals surface area contributed by atoms with Crippen LogP contribution in [0, 0.1) is 6.92 Å². The number of nitrogens with one attached hydrogen (secondary N) is 2. The van der Waals surface area contributed by atoms with E-state index in [4.69, 9.17) is 5.73 Å². The maximum absolute atomic E-state index is 11.2. The lowest BCUT2D eigenvalue weighted by Gasteiger charge is -2.05. The van der Waals surface area contributed by atoms with E-state index in [2.05, 4.69) is 5.43 Å². The molecule has 5 nitrogen and oxygen atoms in total. The maximum atomic E-state index is 11.2. The Balaban J connectivity index is 2.48. The predicted octanol–water partition coefficient (Wildman–Crippen LogP) is 0.237. The van der Waals surface area contributed by atoms with E-state index in [1.54, 1.807) is 0 Å². The molecule has 1 aromatic carbocycles. The molecule has 0 unspecified atom stereocenters. The third kappa shape index (κ3) is 4.12. The highest BCUT2D eigenvalue weighted by molar-refractivity contribution is 5.81. The molecule has 1 aromatic rings. The normalized spacial score (nSPS) is 9.40. The Morgan fingerprint density at radius 2 is 2.07 bits per heavy atom. The van der Waals surface area contributed by atoms with Crippen molar-refractivity contribution >= 4 is 11.9 Å². The van der Waals surface area contributed by atoms with Crippen molar-refractivity contribution in [3.63, 3.8) is 0 Å². The van der Waals surface area contributed by atoms with Crippen molar-refractivity contribution in [2.24, 2.45) is 5.73 Å². The molecule has 1 rings (SSSR count). The average Bonchev–Trinajstić information content (AvgIpc) is 2.15. The van der Waals surface area contributed by atoms with Gasteiger partial charge < -0.3 is 5.73 Å². The van der Waals surface area contributed by atoms with Crippen LogP contribution in [0.5, 0.6) is 0 Å². The standard InChI is InChI=1S/C10H13N3O2/c1-7-3-2-4-8(5-7)6-9(14)12-13-10(11)15/h2-5H,6H2,1H3,(H,12,14)(H3,11,13,15). The molecular weight excluding hydrogens is 194 g/mol. The van der Waals surface area contributed by atoms with Gasteiger partial charge in [-0.15, -0.1) is 0 Å². The molecule has 0 saturated carbocycles. The predicted molar refractivity (Wildman–Crippen MR) is 55.7 cm³/mol. The summed E-state index contributed by atoms with van der Waals surface area (Å²) in [6.07, 6.45) is 0.210. The van der Waals surface area contributed by atoms with Gasteiger partial charge in [-0.25, -0.2) is 10.2 Å². The first-order valence-corrected chi connectivity index (χ1v) is 4.48. The SMILES string of the molecule is Cc1cccc(CC(=O)NNC(N)=O)c1. The van der Waals surface area contributed by atoms with Crippen LogP contribution in [-0.2, 0) is 11.2 Å². The van der Waals surface area contributed by atoms with Gasteiger partial charge in [-0.2, -0.15) is 0 Å². The van der Waals surface area contributed by atoms with E-state index in [-0.39, 0.29) is 12.3 Å². The third-order valence-electron chi connectivity index (χ3n) is 1.77. The molecule has 0 bridgehead atoms. The number of amides is 3. The minimum atomic E-state index is -0.785. The molecule has 0 heterocycles. The lowest BCUT2D eigenvalue weighted by atomic mass is 10.1. The topological polar surface area (TPSA) is 84.2 Å². The second-order valence-electron chi connectivity index (χ2n) is 3.20. The van der Waals surface area contributed by atoms with E-state index in [9.17, 15) is 9.59 Å². The molecule has 0 spiro atoms. The van der Waals surface area contributed by atoms with Gasteiger partial charge in [0.2, 0.25) is 5.91 Å². The van der Waals surface area contributed by atoms with Gasteiger partial charge in [-0.1, -0.05) is 29.8 Å². The Morgan fingerprint density at radius 3 is 2.67 bits per heavy atom. The summed E-state index contributed by atoms with van der Waals surface area (Å²) in [5, 5.41) is 0. The van der Waals surface area contributed by atoms with Gasteiger partial charge in [0.1, 0.15) is 0 Å². The molecule has 4 N–H and O–H groups in total. The van der Waals surface area contributed by atoms with Crippen LogP contribution >= 0.6 is 0 Å². The first-order chi connectivity index (χ1) is 7.08. The van der Waals surface area contributed by atoms with E-state index >= 15 is 0 Å². The molecular formula is C10H13N3O2. The van der Waals surface area contributed by atoms with Crippen molar-refractivity contribution in [2.45, 2.75) is 13.3 Å². The second kappa shape index (κ2) is 4.99. The number of aryl methyl sites for hydroxylation is 1. The smallest absolute Gasteiger partial charge is 0.330 e. The highest BCUT2D eigenvalue weighted by Gasteiger charge is 2.03. The monoisotopic (exact) mass is 207 g/mol. The first-order valence-electron chi connectivity index (χ1n) is 4.48. The average molecular weight is 207 g/mol. The van der Waals surface area contributed by atoms with Crippen LogP contribution < -0.4 is 16.6 Å². The lowest BCUT2D eigenvalue weighted by molar-refractivity contribution is -0.121. The number of nitrogens with two attached hydrogens (primary N) is 1. The number of hydrogen-bond donors (Lipinski definition) is 3. The summed E-state index contributed by atoms with van der Waals surface area (Å²) in [4.78, 5) is 21.6. The minimum Gasteiger partial charge on any atom is -0.350 e. The molecule has 80 valence electrons. The molecule has 0 fully saturated rings. The van der Waals surface area contributed by atoms with Gasteiger partial charge >= 0.3 is 6.03 Å². The number of hydrazine groups is 1. The number of urea groups is 1. The van der Waals surface area contributed by atoms with Crippen molar-refractivity contribution in [2.75, 3.05) is 0 Å².